The summed E-state index contributed by atoms with van der Waals surface area (Å²) in [5.74, 6) is 1.39. The lowest BCUT2D eigenvalue weighted by molar-refractivity contribution is -0.360. The van der Waals surface area contributed by atoms with Crippen LogP contribution in [0, 0.1) is 0 Å². The van der Waals surface area contributed by atoms with Crippen LogP contribution < -0.4 is 15.1 Å². The van der Waals surface area contributed by atoms with Crippen LogP contribution in [0.2, 0.25) is 30.7 Å². The minimum absolute atomic E-state index is 0.123. The first kappa shape index (κ1) is 63.7. The van der Waals surface area contributed by atoms with E-state index in [1.165, 1.54) is 0 Å². The first-order valence-electron chi connectivity index (χ1n) is 30.3. The Balaban J connectivity index is 1.12. The van der Waals surface area contributed by atoms with Crippen LogP contribution in [-0.2, 0) is 71.6 Å². The predicted octanol–water partition coefficient (Wildman–Crippen LogP) is 13.5. The third-order valence-corrected chi connectivity index (χ3v) is 23.8. The minimum Gasteiger partial charge on any atom is -0.497 e. The van der Waals surface area contributed by atoms with Gasteiger partial charge in [0.05, 0.1) is 40.1 Å². The maximum atomic E-state index is 8.37. The summed E-state index contributed by atoms with van der Waals surface area (Å²) in [6.07, 6.45) is -8.70. The minimum atomic E-state index is -3.39. The summed E-state index contributed by atoms with van der Waals surface area (Å²) in [5, 5.41) is 1.82. The molecule has 0 bridgehead atoms. The third kappa shape index (κ3) is 16.1. The Bertz CT molecular complexity index is 3030. The molecule has 0 radical (unpaired) electrons. The molecule has 12 nitrogen and oxygen atoms in total. The van der Waals surface area contributed by atoms with E-state index in [-0.39, 0.29) is 26.4 Å². The zero-order valence-corrected chi connectivity index (χ0v) is 53.8. The molecule has 12 atom stereocenters. The number of hydrogen-bond donors (Lipinski definition) is 0. The fourth-order valence-corrected chi connectivity index (χ4v) is 18.0. The van der Waals surface area contributed by atoms with Crippen molar-refractivity contribution in [3.8, 4) is 5.75 Å². The maximum Gasteiger partial charge on any atom is 0.261 e. The van der Waals surface area contributed by atoms with Crippen molar-refractivity contribution in [1.82, 2.24) is 0 Å². The Hall–Kier alpha value is -5.32. The largest absolute Gasteiger partial charge is 0.497 e. The quantitative estimate of drug-likeness (QED) is 0.0360. The van der Waals surface area contributed by atoms with Crippen LogP contribution in [0.1, 0.15) is 68.1 Å². The Morgan fingerprint density at radius 3 is 1.62 bits per heavy atom. The second kappa shape index (κ2) is 30.3. The number of ether oxygens (including phenoxy) is 11. The summed E-state index contributed by atoms with van der Waals surface area (Å²) in [6, 6.07) is 70.7. The van der Waals surface area contributed by atoms with Crippen molar-refractivity contribution in [2.75, 3.05) is 32.7 Å². The number of fused-ring (bicyclic) bond motifs is 1. The number of benzene rings is 7. The molecule has 0 unspecified atom stereocenters. The zero-order valence-electron chi connectivity index (χ0n) is 51.0. The van der Waals surface area contributed by atoms with Crippen molar-refractivity contribution in [2.24, 2.45) is 0 Å². The van der Waals surface area contributed by atoms with Crippen molar-refractivity contribution in [3.63, 3.8) is 0 Å². The van der Waals surface area contributed by atoms with Crippen molar-refractivity contribution >= 4 is 38.5 Å². The standard InChI is InChI=1S/C71H86O12SSi2/c1-9-84-70-66(64(62-60(79-70)50-77-67(80-62)54-34-22-13-23-35-54)83-86(71(2,3)4,57-36-24-14-25-37-57)58-38-26-15-27-39-58)82-68(55-40-42-56(72-5)43-41-55)81-61-59(49-73-46-51-28-16-10-17-29-51)78-69(74-44-45-85(6,7)8)65(76-48-53-32-20-12-21-33-53)63(61)75-47-52-30-18-11-19-31-52/h10-43,59-70H,9,44-50H2,1-8H3/t59-,60-,61-,62-,63+,64+,65-,66+,67-,68+,69-,70-/m1/s1. The first-order valence-corrected chi connectivity index (χ1v) is 37.0. The van der Waals surface area contributed by atoms with Gasteiger partial charge in [-0.3, -0.25) is 0 Å². The van der Waals surface area contributed by atoms with Crippen LogP contribution in [0.25, 0.3) is 0 Å². The summed E-state index contributed by atoms with van der Waals surface area (Å²) >= 11 is 1.66. The fourth-order valence-electron chi connectivity index (χ4n) is 11.6. The van der Waals surface area contributed by atoms with E-state index in [0.717, 1.165) is 38.7 Å². The molecular formula is C71H86O12SSi2. The molecule has 3 heterocycles. The van der Waals surface area contributed by atoms with Gasteiger partial charge < -0.3 is 56.5 Å². The highest BCUT2D eigenvalue weighted by Crippen LogP contribution is 2.46. The second-order valence-corrected chi connectivity index (χ2v) is 35.7. The lowest BCUT2D eigenvalue weighted by atomic mass is 9.97. The summed E-state index contributed by atoms with van der Waals surface area (Å²) < 4.78 is 86.4. The fraction of sp³-hybridized carbons (Fsp3) is 0.408. The summed E-state index contributed by atoms with van der Waals surface area (Å²) in [6.45, 7) is 17.8. The van der Waals surface area contributed by atoms with Gasteiger partial charge in [0.15, 0.2) is 18.9 Å². The van der Waals surface area contributed by atoms with Crippen LogP contribution in [0.5, 0.6) is 5.75 Å². The van der Waals surface area contributed by atoms with E-state index < -0.39 is 94.6 Å². The number of hydrogen-bond acceptors (Lipinski definition) is 13. The molecule has 0 spiro atoms. The van der Waals surface area contributed by atoms with Crippen LogP contribution in [0.15, 0.2) is 206 Å². The molecule has 86 heavy (non-hydrogen) atoms. The molecule has 15 heteroatoms. The van der Waals surface area contributed by atoms with Crippen molar-refractivity contribution in [3.05, 3.63) is 234 Å². The number of thioether (sulfide) groups is 1. The van der Waals surface area contributed by atoms with Gasteiger partial charge in [0.2, 0.25) is 0 Å². The van der Waals surface area contributed by atoms with E-state index in [9.17, 15) is 0 Å². The topological polar surface area (TPSA) is 111 Å². The highest BCUT2D eigenvalue weighted by Gasteiger charge is 2.59. The Morgan fingerprint density at radius 2 is 1.08 bits per heavy atom. The lowest BCUT2D eigenvalue weighted by Gasteiger charge is -2.54. The van der Waals surface area contributed by atoms with Gasteiger partial charge >= 0.3 is 0 Å². The highest BCUT2D eigenvalue weighted by molar-refractivity contribution is 7.99. The van der Waals surface area contributed by atoms with Gasteiger partial charge in [-0.05, 0) is 56.0 Å². The molecule has 456 valence electrons. The van der Waals surface area contributed by atoms with E-state index in [2.05, 4.69) is 144 Å². The molecule has 0 amide bonds. The van der Waals surface area contributed by atoms with Crippen molar-refractivity contribution < 1.29 is 56.5 Å². The maximum absolute atomic E-state index is 8.37. The van der Waals surface area contributed by atoms with E-state index >= 15 is 0 Å². The molecule has 10 rings (SSSR count). The molecule has 3 fully saturated rings. The molecule has 0 saturated carbocycles. The van der Waals surface area contributed by atoms with Gasteiger partial charge in [0.1, 0.15) is 60.0 Å². The van der Waals surface area contributed by atoms with Crippen LogP contribution in [0.3, 0.4) is 0 Å². The van der Waals surface area contributed by atoms with Gasteiger partial charge in [-0.25, -0.2) is 0 Å². The second-order valence-electron chi connectivity index (χ2n) is 24.5. The lowest BCUT2D eigenvalue weighted by Crippen LogP contribution is -2.72. The third-order valence-electron chi connectivity index (χ3n) is 16.1. The Morgan fingerprint density at radius 1 is 0.558 bits per heavy atom. The van der Waals surface area contributed by atoms with Crippen molar-refractivity contribution in [1.29, 1.82) is 0 Å². The smallest absolute Gasteiger partial charge is 0.261 e. The highest BCUT2D eigenvalue weighted by atomic mass is 32.2. The van der Waals surface area contributed by atoms with Gasteiger partial charge in [-0.1, -0.05) is 241 Å². The molecule has 3 aliphatic rings. The SMILES string of the molecule is CCS[C@H]1O[C@@H]2CO[C@@H](c3ccccc3)O[C@H]2[C@H](O[Si](c2ccccc2)(c2ccccc2)C(C)(C)C)[C@@H]1O[C@H](O[C@H]1[C@H](OCc2ccccc2)[C@@H](OCc2ccccc2)[C@H](OCC[Si](C)(C)C)O[C@@H]1COCc1ccccc1)c1ccc(OC)cc1. The normalized spacial score (nSPS) is 24.8. The van der Waals surface area contributed by atoms with E-state index in [1.807, 2.05) is 109 Å². The molecule has 0 aliphatic carbocycles. The molecular weight excluding hydrogens is 1130 g/mol. The van der Waals surface area contributed by atoms with Crippen LogP contribution in [0.4, 0.5) is 0 Å². The van der Waals surface area contributed by atoms with E-state index in [4.69, 9.17) is 56.5 Å². The van der Waals surface area contributed by atoms with E-state index in [0.29, 0.717) is 30.3 Å². The van der Waals surface area contributed by atoms with E-state index in [1.54, 1.807) is 18.9 Å². The van der Waals surface area contributed by atoms with Crippen LogP contribution >= 0.6 is 11.8 Å². The Labute approximate surface area is 516 Å². The molecule has 0 aromatic heterocycles. The van der Waals surface area contributed by atoms with Gasteiger partial charge in [-0.15, -0.1) is 11.8 Å². The number of rotatable bonds is 27. The summed E-state index contributed by atoms with van der Waals surface area (Å²) in [5.41, 5.74) is 4.02. The monoisotopic (exact) mass is 1220 g/mol. The summed E-state index contributed by atoms with van der Waals surface area (Å²) in [4.78, 5) is 0. The molecule has 3 saturated heterocycles. The van der Waals surface area contributed by atoms with Gasteiger partial charge in [-0.2, -0.15) is 0 Å². The first-order chi connectivity index (χ1) is 41.8. The molecule has 7 aromatic rings. The van der Waals surface area contributed by atoms with Crippen LogP contribution in [-0.4, -0.2) is 110 Å². The number of methoxy groups -OCH3 is 1. The average Bonchev–Trinajstić information content (AvgIpc) is 1.42. The molecule has 0 N–H and O–H groups in total. The van der Waals surface area contributed by atoms with Gasteiger partial charge in [0.25, 0.3) is 8.32 Å². The Kier molecular flexibility index (Phi) is 22.4. The average molecular weight is 1220 g/mol. The van der Waals surface area contributed by atoms with Gasteiger partial charge in [0, 0.05) is 25.8 Å². The zero-order chi connectivity index (χ0) is 59.9. The molecule has 3 aliphatic heterocycles. The molecule has 7 aromatic carbocycles. The van der Waals surface area contributed by atoms with Crippen molar-refractivity contribution in [2.45, 2.75) is 151 Å². The summed E-state index contributed by atoms with van der Waals surface area (Å²) in [7, 11) is -3.29. The predicted molar refractivity (Wildman–Crippen MR) is 344 cm³/mol.